The van der Waals surface area contributed by atoms with Crippen LogP contribution in [0.3, 0.4) is 0 Å². The number of amides is 1. The molecule has 0 unspecified atom stereocenters. The maximum Gasteiger partial charge on any atom is 0.245 e. The lowest BCUT2D eigenvalue weighted by molar-refractivity contribution is -0.122. The second-order valence-corrected chi connectivity index (χ2v) is 9.56. The predicted molar refractivity (Wildman–Crippen MR) is 126 cm³/mol. The number of methoxy groups -OCH3 is 1. The summed E-state index contributed by atoms with van der Waals surface area (Å²) in [4.78, 5) is 12.9. The number of sulfonamides is 1. The molecule has 0 saturated heterocycles. The average Bonchev–Trinajstić information content (AvgIpc) is 2.78. The summed E-state index contributed by atoms with van der Waals surface area (Å²) in [5, 5.41) is 3.61. The van der Waals surface area contributed by atoms with Crippen LogP contribution in [0.4, 0.5) is 0 Å². The van der Waals surface area contributed by atoms with Crippen molar-refractivity contribution in [1.82, 2.24) is 10.0 Å². The van der Waals surface area contributed by atoms with E-state index in [9.17, 15) is 13.2 Å². The number of benzene rings is 3. The number of hydrogen-bond donors (Lipinski definition) is 2. The first kappa shape index (κ1) is 24.1. The monoisotopic (exact) mass is 492 g/mol. The van der Waals surface area contributed by atoms with E-state index in [4.69, 9.17) is 27.9 Å². The molecule has 1 atom stereocenters. The van der Waals surface area contributed by atoms with Crippen LogP contribution in [0, 0.1) is 0 Å². The van der Waals surface area contributed by atoms with E-state index in [2.05, 4.69) is 10.0 Å². The smallest absolute Gasteiger partial charge is 0.245 e. The van der Waals surface area contributed by atoms with Gasteiger partial charge in [0.15, 0.2) is 0 Å². The van der Waals surface area contributed by atoms with E-state index in [1.807, 2.05) is 30.3 Å². The van der Waals surface area contributed by atoms with Crippen LogP contribution in [0.15, 0.2) is 77.7 Å². The zero-order valence-corrected chi connectivity index (χ0v) is 19.5. The van der Waals surface area contributed by atoms with Crippen LogP contribution in [0.25, 0.3) is 0 Å². The molecule has 0 aliphatic carbocycles. The Labute approximate surface area is 197 Å². The Balaban J connectivity index is 1.84. The summed E-state index contributed by atoms with van der Waals surface area (Å²) < 4.78 is 34.0. The molecule has 168 valence electrons. The Hall–Kier alpha value is -2.58. The number of ether oxygens (including phenoxy) is 1. The molecule has 0 aliphatic heterocycles. The zero-order valence-electron chi connectivity index (χ0n) is 17.2. The minimum atomic E-state index is -4.12. The molecule has 0 spiro atoms. The van der Waals surface area contributed by atoms with E-state index >= 15 is 0 Å². The summed E-state index contributed by atoms with van der Waals surface area (Å²) in [5.41, 5.74) is 1.64. The van der Waals surface area contributed by atoms with Gasteiger partial charge in [0.2, 0.25) is 15.9 Å². The molecule has 0 fully saturated rings. The first-order valence-corrected chi connectivity index (χ1v) is 11.9. The quantitative estimate of drug-likeness (QED) is 0.468. The van der Waals surface area contributed by atoms with Crippen LogP contribution in [0.5, 0.6) is 5.75 Å². The summed E-state index contributed by atoms with van der Waals surface area (Å²) in [5.74, 6) is -0.338. The standard InChI is InChI=1S/C23H22Cl2N2O4S/c1-31-21-12-11-19(25)14-22(21)32(29,30)27-20(13-16-5-3-2-4-6-16)23(28)26-15-17-7-9-18(24)10-8-17/h2-12,14,20,27H,13,15H2,1H3,(H,26,28)/t20-/m1/s1. The number of nitrogens with one attached hydrogen (secondary N) is 2. The van der Waals surface area contributed by atoms with Crippen molar-refractivity contribution in [3.05, 3.63) is 94.0 Å². The molecule has 3 aromatic carbocycles. The Kier molecular flexibility index (Phi) is 8.15. The van der Waals surface area contributed by atoms with E-state index in [1.165, 1.54) is 25.3 Å². The fourth-order valence-corrected chi connectivity index (χ4v) is 4.82. The van der Waals surface area contributed by atoms with Crippen molar-refractivity contribution in [2.75, 3.05) is 7.11 Å². The van der Waals surface area contributed by atoms with Crippen molar-refractivity contribution < 1.29 is 17.9 Å². The van der Waals surface area contributed by atoms with Crippen molar-refractivity contribution >= 4 is 39.1 Å². The van der Waals surface area contributed by atoms with E-state index in [0.29, 0.717) is 5.02 Å². The fourth-order valence-electron chi connectivity index (χ4n) is 3.06. The predicted octanol–water partition coefficient (Wildman–Crippen LogP) is 4.21. The third-order valence-corrected chi connectivity index (χ3v) is 6.67. The van der Waals surface area contributed by atoms with Gasteiger partial charge in [0, 0.05) is 16.6 Å². The Morgan fingerprint density at radius 1 is 0.938 bits per heavy atom. The molecule has 6 nitrogen and oxygen atoms in total. The van der Waals surface area contributed by atoms with Gasteiger partial charge < -0.3 is 10.1 Å². The van der Waals surface area contributed by atoms with Gasteiger partial charge in [-0.3, -0.25) is 4.79 Å². The van der Waals surface area contributed by atoms with Gasteiger partial charge in [-0.2, -0.15) is 4.72 Å². The molecule has 3 aromatic rings. The van der Waals surface area contributed by atoms with Gasteiger partial charge in [-0.1, -0.05) is 65.7 Å². The summed E-state index contributed by atoms with van der Waals surface area (Å²) >= 11 is 11.9. The summed E-state index contributed by atoms with van der Waals surface area (Å²) in [6, 6.07) is 19.4. The first-order chi connectivity index (χ1) is 15.3. The molecule has 0 saturated carbocycles. The molecule has 0 aliphatic rings. The van der Waals surface area contributed by atoms with Gasteiger partial charge >= 0.3 is 0 Å². The van der Waals surface area contributed by atoms with Gasteiger partial charge in [0.05, 0.1) is 7.11 Å². The van der Waals surface area contributed by atoms with Crippen molar-refractivity contribution in [3.8, 4) is 5.75 Å². The highest BCUT2D eigenvalue weighted by Gasteiger charge is 2.28. The van der Waals surface area contributed by atoms with Crippen LogP contribution in [-0.4, -0.2) is 27.5 Å². The second-order valence-electron chi connectivity index (χ2n) is 7.00. The number of halogens is 2. The molecule has 3 rings (SSSR count). The molecule has 32 heavy (non-hydrogen) atoms. The normalized spacial score (nSPS) is 12.2. The van der Waals surface area contributed by atoms with Crippen molar-refractivity contribution in [2.45, 2.75) is 23.9 Å². The van der Waals surface area contributed by atoms with Crippen molar-refractivity contribution in [2.24, 2.45) is 0 Å². The summed E-state index contributed by atoms with van der Waals surface area (Å²) in [6.45, 7) is 0.226. The molecule has 0 bridgehead atoms. The number of hydrogen-bond acceptors (Lipinski definition) is 4. The van der Waals surface area contributed by atoms with Crippen molar-refractivity contribution in [1.29, 1.82) is 0 Å². The molecule has 9 heteroatoms. The SMILES string of the molecule is COc1ccc(Cl)cc1S(=O)(=O)N[C@H](Cc1ccccc1)C(=O)NCc1ccc(Cl)cc1. The van der Waals surface area contributed by atoms with Crippen LogP contribution in [0.2, 0.25) is 10.0 Å². The zero-order chi connectivity index (χ0) is 23.1. The van der Waals surface area contributed by atoms with Gasteiger partial charge in [0.1, 0.15) is 16.7 Å². The third kappa shape index (κ3) is 6.46. The number of rotatable bonds is 9. The third-order valence-electron chi connectivity index (χ3n) is 4.69. The Morgan fingerprint density at radius 3 is 2.25 bits per heavy atom. The Morgan fingerprint density at radius 2 is 1.59 bits per heavy atom. The van der Waals surface area contributed by atoms with Gasteiger partial charge in [-0.15, -0.1) is 0 Å². The average molecular weight is 493 g/mol. The van der Waals surface area contributed by atoms with E-state index in [0.717, 1.165) is 11.1 Å². The summed E-state index contributed by atoms with van der Waals surface area (Å²) in [6.07, 6.45) is 0.162. The molecule has 0 radical (unpaired) electrons. The maximum absolute atomic E-state index is 13.1. The minimum Gasteiger partial charge on any atom is -0.495 e. The lowest BCUT2D eigenvalue weighted by Gasteiger charge is -2.20. The molecular formula is C23H22Cl2N2O4S. The van der Waals surface area contributed by atoms with E-state index in [1.54, 1.807) is 24.3 Å². The minimum absolute atomic E-state index is 0.127. The highest BCUT2D eigenvalue weighted by Crippen LogP contribution is 2.27. The largest absolute Gasteiger partial charge is 0.495 e. The maximum atomic E-state index is 13.1. The molecule has 2 N–H and O–H groups in total. The molecular weight excluding hydrogens is 471 g/mol. The van der Waals surface area contributed by atoms with Crippen molar-refractivity contribution in [3.63, 3.8) is 0 Å². The van der Waals surface area contributed by atoms with Gasteiger partial charge in [-0.25, -0.2) is 8.42 Å². The van der Waals surface area contributed by atoms with Crippen LogP contribution >= 0.6 is 23.2 Å². The van der Waals surface area contributed by atoms with Crippen LogP contribution in [0.1, 0.15) is 11.1 Å². The molecule has 1 amide bonds. The number of carbonyl (C=O) groups excluding carboxylic acids is 1. The fraction of sp³-hybridized carbons (Fsp3) is 0.174. The molecule has 0 aromatic heterocycles. The van der Waals surface area contributed by atoms with E-state index in [-0.39, 0.29) is 28.6 Å². The second kappa shape index (κ2) is 10.8. The van der Waals surface area contributed by atoms with Crippen LogP contribution < -0.4 is 14.8 Å². The summed E-state index contributed by atoms with van der Waals surface area (Å²) in [7, 11) is -2.75. The molecule has 0 heterocycles. The first-order valence-electron chi connectivity index (χ1n) is 9.70. The number of carbonyl (C=O) groups is 1. The lowest BCUT2D eigenvalue weighted by Crippen LogP contribution is -2.47. The lowest BCUT2D eigenvalue weighted by atomic mass is 10.1. The topological polar surface area (TPSA) is 84.5 Å². The highest BCUT2D eigenvalue weighted by molar-refractivity contribution is 7.89. The van der Waals surface area contributed by atoms with E-state index < -0.39 is 22.0 Å². The Bertz CT molecular complexity index is 1170. The van der Waals surface area contributed by atoms with Gasteiger partial charge in [-0.05, 0) is 47.9 Å². The van der Waals surface area contributed by atoms with Gasteiger partial charge in [0.25, 0.3) is 0 Å². The van der Waals surface area contributed by atoms with Crippen LogP contribution in [-0.2, 0) is 27.8 Å². The highest BCUT2D eigenvalue weighted by atomic mass is 35.5.